The summed E-state index contributed by atoms with van der Waals surface area (Å²) in [6, 6.07) is 0. The highest BCUT2D eigenvalue weighted by atomic mass is 31.2. The first-order valence-electron chi connectivity index (χ1n) is 5.42. The standard InChI is InChI=1S/C12H22P/c1-9(2)12-7-6-10(3)11(8-12)13(12,4)5/h6,9,11H,7-8H2,1-5H3/q+1. The van der Waals surface area contributed by atoms with Gasteiger partial charge in [-0.15, -0.1) is 0 Å². The van der Waals surface area contributed by atoms with Gasteiger partial charge >= 0.3 is 0 Å². The third-order valence-electron chi connectivity index (χ3n) is 4.85. The Bertz CT molecular complexity index is 262. The molecule has 2 heterocycles. The van der Waals surface area contributed by atoms with E-state index in [0.717, 1.165) is 16.7 Å². The Balaban J connectivity index is 2.37. The van der Waals surface area contributed by atoms with Gasteiger partial charge in [-0.2, -0.15) is 0 Å². The minimum absolute atomic E-state index is 0.642. The van der Waals surface area contributed by atoms with Gasteiger partial charge in [0.15, 0.2) is 0 Å². The van der Waals surface area contributed by atoms with E-state index in [0.29, 0.717) is 0 Å². The number of allylic oxidation sites excluding steroid dienone is 2. The molecule has 0 radical (unpaired) electrons. The third kappa shape index (κ3) is 0.962. The van der Waals surface area contributed by atoms with Gasteiger partial charge in [-0.25, -0.2) is 0 Å². The first-order valence-corrected chi connectivity index (χ1v) is 8.17. The van der Waals surface area contributed by atoms with E-state index in [4.69, 9.17) is 0 Å². The lowest BCUT2D eigenvalue weighted by molar-refractivity contribution is 0.344. The Morgan fingerprint density at radius 1 is 1.46 bits per heavy atom. The molecule has 1 fully saturated rings. The number of rotatable bonds is 1. The summed E-state index contributed by atoms with van der Waals surface area (Å²) < 4.78 is 0. The van der Waals surface area contributed by atoms with Crippen molar-refractivity contribution in [3.63, 3.8) is 0 Å². The molecule has 1 heteroatoms. The topological polar surface area (TPSA) is 0 Å². The molecule has 2 bridgehead atoms. The van der Waals surface area contributed by atoms with E-state index in [2.05, 4.69) is 40.2 Å². The van der Waals surface area contributed by atoms with Gasteiger partial charge in [0.05, 0.1) is 10.8 Å². The summed E-state index contributed by atoms with van der Waals surface area (Å²) in [6.45, 7) is 12.4. The van der Waals surface area contributed by atoms with Crippen LogP contribution in [0.1, 0.15) is 33.6 Å². The zero-order valence-corrected chi connectivity index (χ0v) is 10.5. The molecule has 0 aromatic heterocycles. The molecule has 0 nitrogen and oxygen atoms in total. The molecule has 2 atom stereocenters. The van der Waals surface area contributed by atoms with E-state index in [-0.39, 0.29) is 0 Å². The predicted molar refractivity (Wildman–Crippen MR) is 63.1 cm³/mol. The molecule has 1 aliphatic carbocycles. The van der Waals surface area contributed by atoms with Gasteiger partial charge in [-0.1, -0.05) is 19.9 Å². The average Bonchev–Trinajstić information content (AvgIpc) is 2.03. The maximum Gasteiger partial charge on any atom is 0.0943 e. The van der Waals surface area contributed by atoms with Crippen molar-refractivity contribution in [2.75, 3.05) is 13.3 Å². The lowest BCUT2D eigenvalue weighted by Gasteiger charge is -2.60. The Kier molecular flexibility index (Phi) is 1.94. The second-order valence-corrected chi connectivity index (χ2v) is 10.3. The van der Waals surface area contributed by atoms with E-state index in [1.165, 1.54) is 12.8 Å². The van der Waals surface area contributed by atoms with Crippen LogP contribution in [-0.2, 0) is 0 Å². The van der Waals surface area contributed by atoms with E-state index >= 15 is 0 Å². The van der Waals surface area contributed by atoms with Crippen molar-refractivity contribution in [1.82, 2.24) is 0 Å². The van der Waals surface area contributed by atoms with Gasteiger partial charge in [0, 0.05) is 33.4 Å². The lowest BCUT2D eigenvalue weighted by atomic mass is 9.79. The fourth-order valence-corrected chi connectivity index (χ4v) is 8.34. The van der Waals surface area contributed by atoms with Crippen LogP contribution in [0.3, 0.4) is 0 Å². The minimum atomic E-state index is -0.642. The molecule has 2 aliphatic heterocycles. The second-order valence-electron chi connectivity index (χ2n) is 5.67. The second kappa shape index (κ2) is 2.60. The fraction of sp³-hybridized carbons (Fsp3) is 0.833. The van der Waals surface area contributed by atoms with Crippen LogP contribution in [0.4, 0.5) is 0 Å². The SMILES string of the molecule is CC1=CCC2(C(C)C)CC1[P+]2(C)C. The predicted octanol–water partition coefficient (Wildman–Crippen LogP) is 3.78. The summed E-state index contributed by atoms with van der Waals surface area (Å²) in [5.74, 6) is 0.886. The summed E-state index contributed by atoms with van der Waals surface area (Å²) in [6.07, 6.45) is 5.38. The summed E-state index contributed by atoms with van der Waals surface area (Å²) >= 11 is 0. The summed E-state index contributed by atoms with van der Waals surface area (Å²) in [5.41, 5.74) is 2.68. The van der Waals surface area contributed by atoms with Crippen LogP contribution >= 0.6 is 7.26 Å². The molecule has 0 amide bonds. The van der Waals surface area contributed by atoms with Crippen molar-refractivity contribution < 1.29 is 0 Å². The van der Waals surface area contributed by atoms with Gasteiger partial charge in [-0.05, 0) is 18.4 Å². The maximum atomic E-state index is 2.58. The molecular formula is C12H22P+. The Morgan fingerprint density at radius 3 is 2.46 bits per heavy atom. The summed E-state index contributed by atoms with van der Waals surface area (Å²) in [7, 11) is -0.642. The molecule has 1 saturated heterocycles. The highest BCUT2D eigenvalue weighted by molar-refractivity contribution is 7.78. The Hall–Kier alpha value is 0.170. The van der Waals surface area contributed by atoms with Gasteiger partial charge < -0.3 is 0 Å². The number of hydrogen-bond donors (Lipinski definition) is 0. The van der Waals surface area contributed by atoms with Crippen LogP contribution < -0.4 is 0 Å². The smallest absolute Gasteiger partial charge is 0.0775 e. The summed E-state index contributed by atoms with van der Waals surface area (Å²) in [5, 5.41) is 0.733. The highest BCUT2D eigenvalue weighted by Gasteiger charge is 2.69. The Morgan fingerprint density at radius 2 is 2.08 bits per heavy atom. The molecule has 0 aromatic carbocycles. The zero-order chi connectivity index (χ0) is 9.85. The quantitative estimate of drug-likeness (QED) is 0.443. The first kappa shape index (κ1) is 9.71. The first-order chi connectivity index (χ1) is 5.92. The maximum absolute atomic E-state index is 2.58. The fourth-order valence-electron chi connectivity index (χ4n) is 3.60. The lowest BCUT2D eigenvalue weighted by Crippen LogP contribution is -2.55. The van der Waals surface area contributed by atoms with Crippen LogP contribution in [0.15, 0.2) is 11.6 Å². The van der Waals surface area contributed by atoms with Crippen molar-refractivity contribution >= 4 is 7.26 Å². The number of hydrogen-bond acceptors (Lipinski definition) is 0. The van der Waals surface area contributed by atoms with E-state index < -0.39 is 7.26 Å². The molecule has 0 saturated carbocycles. The van der Waals surface area contributed by atoms with Gasteiger partial charge in [0.25, 0.3) is 0 Å². The van der Waals surface area contributed by atoms with Gasteiger partial charge in [0.1, 0.15) is 0 Å². The van der Waals surface area contributed by atoms with Crippen molar-refractivity contribution in [2.24, 2.45) is 5.92 Å². The van der Waals surface area contributed by atoms with E-state index in [9.17, 15) is 0 Å². The normalized spacial score (nSPS) is 41.4. The van der Waals surface area contributed by atoms with Crippen molar-refractivity contribution in [3.8, 4) is 0 Å². The molecule has 3 rings (SSSR count). The molecule has 3 aliphatic rings. The zero-order valence-electron chi connectivity index (χ0n) is 9.59. The van der Waals surface area contributed by atoms with E-state index in [1.54, 1.807) is 5.57 Å². The molecule has 2 unspecified atom stereocenters. The van der Waals surface area contributed by atoms with E-state index in [1.807, 2.05) is 0 Å². The molecule has 13 heavy (non-hydrogen) atoms. The van der Waals surface area contributed by atoms with Gasteiger partial charge in [-0.3, -0.25) is 0 Å². The van der Waals surface area contributed by atoms with Crippen LogP contribution in [0.2, 0.25) is 0 Å². The molecular weight excluding hydrogens is 175 g/mol. The highest BCUT2D eigenvalue weighted by Crippen LogP contribution is 2.84. The average molecular weight is 197 g/mol. The van der Waals surface area contributed by atoms with Crippen molar-refractivity contribution in [1.29, 1.82) is 0 Å². The van der Waals surface area contributed by atoms with Crippen molar-refractivity contribution in [3.05, 3.63) is 11.6 Å². The Labute approximate surface area is 83.1 Å². The van der Waals surface area contributed by atoms with Gasteiger partial charge in [0.2, 0.25) is 0 Å². The van der Waals surface area contributed by atoms with Crippen LogP contribution in [0.25, 0.3) is 0 Å². The molecule has 0 spiro atoms. The van der Waals surface area contributed by atoms with Crippen LogP contribution in [-0.4, -0.2) is 24.1 Å². The van der Waals surface area contributed by atoms with Crippen molar-refractivity contribution in [2.45, 2.75) is 44.4 Å². The molecule has 0 N–H and O–H groups in total. The molecule has 74 valence electrons. The molecule has 0 aromatic rings. The minimum Gasteiger partial charge on any atom is -0.0775 e. The third-order valence-corrected chi connectivity index (χ3v) is 10.2. The summed E-state index contributed by atoms with van der Waals surface area (Å²) in [4.78, 5) is 0. The largest absolute Gasteiger partial charge is 0.0943 e. The monoisotopic (exact) mass is 197 g/mol. The van der Waals surface area contributed by atoms with Crippen LogP contribution in [0, 0.1) is 5.92 Å². The number of fused-ring (bicyclic) bond motifs is 1. The van der Waals surface area contributed by atoms with Crippen LogP contribution in [0.5, 0.6) is 0 Å².